The molecule has 144 valence electrons. The zero-order chi connectivity index (χ0) is 20.1. The first-order valence-corrected chi connectivity index (χ1v) is 8.92. The summed E-state index contributed by atoms with van der Waals surface area (Å²) < 4.78 is 68.0. The first-order chi connectivity index (χ1) is 12.6. The van der Waals surface area contributed by atoms with Crippen molar-refractivity contribution in [3.05, 3.63) is 64.7 Å². The van der Waals surface area contributed by atoms with Crippen LogP contribution in [0.15, 0.2) is 58.7 Å². The zero-order valence-corrected chi connectivity index (χ0v) is 15.2. The van der Waals surface area contributed by atoms with Gasteiger partial charge < -0.3 is 8.92 Å². The van der Waals surface area contributed by atoms with Crippen molar-refractivity contribution in [3.63, 3.8) is 0 Å². The molecule has 2 aromatic carbocycles. The summed E-state index contributed by atoms with van der Waals surface area (Å²) in [6.07, 6.45) is 1.09. The summed E-state index contributed by atoms with van der Waals surface area (Å²) in [5.41, 5.74) is -4.10. The van der Waals surface area contributed by atoms with Crippen LogP contribution in [0, 0.1) is 0 Å². The van der Waals surface area contributed by atoms with E-state index in [-0.39, 0.29) is 0 Å². The van der Waals surface area contributed by atoms with E-state index in [9.17, 15) is 21.6 Å². The van der Waals surface area contributed by atoms with Crippen LogP contribution in [-0.4, -0.2) is 33.1 Å². The molecule has 2 aromatic rings. The number of hydrogen-bond acceptors (Lipinski definition) is 6. The largest absolute Gasteiger partial charge is 0.534 e. The van der Waals surface area contributed by atoms with E-state index in [1.807, 2.05) is 0 Å². The van der Waals surface area contributed by atoms with E-state index < -0.39 is 21.4 Å². The molecule has 0 radical (unpaired) electrons. The fourth-order valence-corrected chi connectivity index (χ4v) is 2.45. The van der Waals surface area contributed by atoms with Gasteiger partial charge in [0.15, 0.2) is 6.40 Å². The predicted octanol–water partition coefficient (Wildman–Crippen LogP) is 4.00. The number of benzene rings is 2. The minimum atomic E-state index is -5.74. The van der Waals surface area contributed by atoms with Crippen molar-refractivity contribution in [1.29, 1.82) is 0 Å². The van der Waals surface area contributed by atoms with Crippen LogP contribution in [0.1, 0.15) is 11.1 Å². The van der Waals surface area contributed by atoms with Gasteiger partial charge in [0.2, 0.25) is 0 Å². The first-order valence-electron chi connectivity index (χ1n) is 7.13. The topological polar surface area (TPSA) is 77.3 Å². The number of alkyl halides is 3. The summed E-state index contributed by atoms with van der Waals surface area (Å²) in [6, 6.07) is 11.4. The Morgan fingerprint density at radius 3 is 2.04 bits per heavy atom. The second-order valence-corrected chi connectivity index (χ2v) is 6.89. The molecule has 2 rings (SSSR count). The maximum Gasteiger partial charge on any atom is 0.534 e. The van der Waals surface area contributed by atoms with Crippen molar-refractivity contribution in [3.8, 4) is 5.75 Å². The number of hydrogen-bond donors (Lipinski definition) is 0. The number of methoxy groups -OCH3 is 1. The van der Waals surface area contributed by atoms with Crippen LogP contribution in [0.5, 0.6) is 5.75 Å². The Morgan fingerprint density at radius 2 is 1.56 bits per heavy atom. The second-order valence-electron chi connectivity index (χ2n) is 4.92. The summed E-state index contributed by atoms with van der Waals surface area (Å²) in [5.74, 6) is -0.494. The standard InChI is InChI=1S/C16H12ClF3N2O4S/c1-25-10-21-22-15(11-2-6-13(17)7-3-11)12-4-8-14(9-5-12)26-27(23,24)16(18,19)20/h2-10H,1H3. The van der Waals surface area contributed by atoms with E-state index in [4.69, 9.17) is 11.6 Å². The van der Waals surface area contributed by atoms with Gasteiger partial charge in [-0.1, -0.05) is 23.7 Å². The molecule has 0 saturated carbocycles. The molecule has 11 heteroatoms. The molecule has 0 heterocycles. The number of rotatable bonds is 6. The van der Waals surface area contributed by atoms with Crippen LogP contribution in [0.4, 0.5) is 13.2 Å². The van der Waals surface area contributed by atoms with Gasteiger partial charge in [-0.2, -0.15) is 21.6 Å². The summed E-state index contributed by atoms with van der Waals surface area (Å²) in [7, 11) is -4.36. The van der Waals surface area contributed by atoms with Crippen LogP contribution < -0.4 is 4.18 Å². The highest BCUT2D eigenvalue weighted by Gasteiger charge is 2.48. The normalized spacial score (nSPS) is 13.0. The van der Waals surface area contributed by atoms with E-state index in [0.717, 1.165) is 18.5 Å². The Morgan fingerprint density at radius 1 is 1.04 bits per heavy atom. The van der Waals surface area contributed by atoms with Crippen molar-refractivity contribution in [2.75, 3.05) is 7.11 Å². The molecule has 0 fully saturated rings. The summed E-state index contributed by atoms with van der Waals surface area (Å²) in [4.78, 5) is 0. The van der Waals surface area contributed by atoms with Gasteiger partial charge in [0.1, 0.15) is 11.5 Å². The van der Waals surface area contributed by atoms with Crippen molar-refractivity contribution in [2.24, 2.45) is 10.2 Å². The molecule has 0 bridgehead atoms. The average Bonchev–Trinajstić information content (AvgIpc) is 2.59. The van der Waals surface area contributed by atoms with Crippen LogP contribution in [0.2, 0.25) is 5.02 Å². The molecular weight excluding hydrogens is 409 g/mol. The molecule has 27 heavy (non-hydrogen) atoms. The lowest BCUT2D eigenvalue weighted by molar-refractivity contribution is -0.0500. The highest BCUT2D eigenvalue weighted by Crippen LogP contribution is 2.27. The van der Waals surface area contributed by atoms with Crippen LogP contribution in [0.3, 0.4) is 0 Å². The molecule has 0 N–H and O–H groups in total. The van der Waals surface area contributed by atoms with Gasteiger partial charge in [-0.15, -0.1) is 10.2 Å². The van der Waals surface area contributed by atoms with Crippen LogP contribution in [-0.2, 0) is 14.9 Å². The zero-order valence-electron chi connectivity index (χ0n) is 13.6. The first kappa shape index (κ1) is 20.7. The minimum Gasteiger partial charge on any atom is -0.485 e. The Balaban J connectivity index is 2.36. The lowest BCUT2D eigenvalue weighted by Crippen LogP contribution is -2.28. The van der Waals surface area contributed by atoms with Crippen LogP contribution in [0.25, 0.3) is 0 Å². The molecule has 0 aliphatic rings. The summed E-state index contributed by atoms with van der Waals surface area (Å²) >= 11 is 5.85. The van der Waals surface area contributed by atoms with E-state index in [1.54, 1.807) is 24.3 Å². The minimum absolute atomic E-state index is 0.352. The maximum absolute atomic E-state index is 12.4. The summed E-state index contributed by atoms with van der Waals surface area (Å²) in [6.45, 7) is 0. The van der Waals surface area contributed by atoms with Crippen molar-refractivity contribution < 1.29 is 30.5 Å². The third kappa shape index (κ3) is 5.44. The van der Waals surface area contributed by atoms with E-state index in [0.29, 0.717) is 21.9 Å². The Hall–Kier alpha value is -2.59. The molecule has 0 atom stereocenters. The molecule has 0 spiro atoms. The van der Waals surface area contributed by atoms with Gasteiger partial charge in [-0.05, 0) is 36.4 Å². The van der Waals surface area contributed by atoms with Crippen molar-refractivity contribution >= 4 is 33.8 Å². The van der Waals surface area contributed by atoms with Gasteiger partial charge >= 0.3 is 15.6 Å². The van der Waals surface area contributed by atoms with Crippen molar-refractivity contribution in [1.82, 2.24) is 0 Å². The lowest BCUT2D eigenvalue weighted by atomic mass is 10.0. The molecular formula is C16H12ClF3N2O4S. The molecule has 0 amide bonds. The van der Waals surface area contributed by atoms with Crippen molar-refractivity contribution in [2.45, 2.75) is 5.51 Å². The Bertz CT molecular complexity index is 941. The smallest absolute Gasteiger partial charge is 0.485 e. The number of halogens is 4. The Labute approximate surface area is 158 Å². The highest BCUT2D eigenvalue weighted by molar-refractivity contribution is 7.88. The van der Waals surface area contributed by atoms with Gasteiger partial charge in [0.25, 0.3) is 0 Å². The molecule has 0 saturated heterocycles. The molecule has 0 unspecified atom stereocenters. The highest BCUT2D eigenvalue weighted by atomic mass is 35.5. The molecule has 6 nitrogen and oxygen atoms in total. The van der Waals surface area contributed by atoms with Crippen LogP contribution >= 0.6 is 11.6 Å². The quantitative estimate of drug-likeness (QED) is 0.233. The SMILES string of the molecule is COC=NN=C(c1ccc(Cl)cc1)c1ccc(OS(=O)(=O)C(F)(F)F)cc1. The lowest BCUT2D eigenvalue weighted by Gasteiger charge is -2.10. The van der Waals surface area contributed by atoms with E-state index in [2.05, 4.69) is 19.1 Å². The van der Waals surface area contributed by atoms with Gasteiger partial charge in [0.05, 0.1) is 7.11 Å². The fourth-order valence-electron chi connectivity index (χ4n) is 1.86. The van der Waals surface area contributed by atoms with E-state index >= 15 is 0 Å². The average molecular weight is 421 g/mol. The maximum atomic E-state index is 12.4. The monoisotopic (exact) mass is 420 g/mol. The predicted molar refractivity (Wildman–Crippen MR) is 94.6 cm³/mol. The van der Waals surface area contributed by atoms with Gasteiger partial charge in [0, 0.05) is 16.1 Å². The number of ether oxygens (including phenoxy) is 1. The third-order valence-electron chi connectivity index (χ3n) is 3.05. The molecule has 0 aliphatic heterocycles. The second kappa shape index (κ2) is 8.40. The number of nitrogens with zero attached hydrogens (tertiary/aromatic N) is 2. The van der Waals surface area contributed by atoms with E-state index in [1.165, 1.54) is 19.2 Å². The fraction of sp³-hybridized carbons (Fsp3) is 0.125. The third-order valence-corrected chi connectivity index (χ3v) is 4.28. The molecule has 0 aliphatic carbocycles. The van der Waals surface area contributed by atoms with Gasteiger partial charge in [-0.3, -0.25) is 0 Å². The summed E-state index contributed by atoms with van der Waals surface area (Å²) in [5, 5.41) is 8.22. The van der Waals surface area contributed by atoms with Gasteiger partial charge in [-0.25, -0.2) is 0 Å². The molecule has 0 aromatic heterocycles. The Kier molecular flexibility index (Phi) is 6.45.